The molecule has 8 heteroatoms. The Hall–Kier alpha value is -3.78. The van der Waals surface area contributed by atoms with Gasteiger partial charge in [-0.2, -0.15) is 0 Å². The molecule has 0 saturated carbocycles. The molecule has 0 spiro atoms. The summed E-state index contributed by atoms with van der Waals surface area (Å²) in [6, 6.07) is 18.6. The number of nitrogens with zero attached hydrogens (tertiary/aromatic N) is 1. The first kappa shape index (κ1) is 20.1. The fourth-order valence-electron chi connectivity index (χ4n) is 3.56. The van der Waals surface area contributed by atoms with Crippen molar-refractivity contribution in [1.29, 1.82) is 0 Å². The maximum atomic E-state index is 12.7. The molecule has 32 heavy (non-hydrogen) atoms. The zero-order chi connectivity index (χ0) is 22.1. The van der Waals surface area contributed by atoms with Crippen molar-refractivity contribution in [1.82, 2.24) is 10.2 Å². The van der Waals surface area contributed by atoms with Crippen molar-refractivity contribution in [3.8, 4) is 11.5 Å². The lowest BCUT2D eigenvalue weighted by atomic mass is 10.1. The van der Waals surface area contributed by atoms with Crippen molar-refractivity contribution in [2.45, 2.75) is 0 Å². The van der Waals surface area contributed by atoms with Gasteiger partial charge in [-0.25, -0.2) is 0 Å². The normalized spacial score (nSPS) is 16.2. The van der Waals surface area contributed by atoms with Gasteiger partial charge in [0.1, 0.15) is 0 Å². The highest BCUT2D eigenvalue weighted by atomic mass is 32.2. The smallest absolute Gasteiger partial charge is 0.293 e. The van der Waals surface area contributed by atoms with E-state index in [1.165, 1.54) is 0 Å². The van der Waals surface area contributed by atoms with Crippen molar-refractivity contribution >= 4 is 45.7 Å². The summed E-state index contributed by atoms with van der Waals surface area (Å²) >= 11 is 0.880. The minimum Gasteiger partial charge on any atom is -0.454 e. The molecule has 7 nitrogen and oxygen atoms in total. The zero-order valence-electron chi connectivity index (χ0n) is 16.9. The van der Waals surface area contributed by atoms with Gasteiger partial charge in [0, 0.05) is 18.7 Å². The number of hydrogen-bond donors (Lipinski definition) is 1. The first-order chi connectivity index (χ1) is 15.6. The number of imide groups is 1. The molecule has 0 atom stereocenters. The molecular weight excluding hydrogens is 428 g/mol. The Morgan fingerprint density at radius 2 is 1.81 bits per heavy atom. The van der Waals surface area contributed by atoms with Crippen LogP contribution in [0, 0.1) is 0 Å². The number of carbonyl (C=O) groups excluding carboxylic acids is 3. The van der Waals surface area contributed by atoms with E-state index >= 15 is 0 Å². The summed E-state index contributed by atoms with van der Waals surface area (Å²) in [5.74, 6) is 0.628. The number of rotatable bonds is 5. The number of nitrogens with one attached hydrogen (secondary N) is 1. The van der Waals surface area contributed by atoms with Crippen molar-refractivity contribution in [2.75, 3.05) is 19.9 Å². The van der Waals surface area contributed by atoms with E-state index < -0.39 is 0 Å². The molecule has 1 N–H and O–H groups in total. The molecule has 1 saturated heterocycles. The van der Waals surface area contributed by atoms with Gasteiger partial charge < -0.3 is 14.8 Å². The lowest BCUT2D eigenvalue weighted by Crippen LogP contribution is -2.37. The van der Waals surface area contributed by atoms with Crippen molar-refractivity contribution in [3.05, 3.63) is 76.7 Å². The predicted molar refractivity (Wildman–Crippen MR) is 122 cm³/mol. The molecule has 3 amide bonds. The van der Waals surface area contributed by atoms with Gasteiger partial charge in [-0.3, -0.25) is 19.3 Å². The molecule has 5 rings (SSSR count). The Kier molecular flexibility index (Phi) is 5.28. The highest BCUT2D eigenvalue weighted by Crippen LogP contribution is 2.36. The van der Waals surface area contributed by atoms with Gasteiger partial charge in [0.25, 0.3) is 17.1 Å². The van der Waals surface area contributed by atoms with E-state index in [0.717, 1.165) is 33.0 Å². The van der Waals surface area contributed by atoms with Crippen LogP contribution in [-0.4, -0.2) is 41.8 Å². The number of benzene rings is 3. The molecular formula is C24H18N2O5S. The fourth-order valence-corrected chi connectivity index (χ4v) is 4.43. The molecule has 2 heterocycles. The monoisotopic (exact) mass is 446 g/mol. The van der Waals surface area contributed by atoms with Crippen LogP contribution < -0.4 is 14.8 Å². The topological polar surface area (TPSA) is 84.9 Å². The zero-order valence-corrected chi connectivity index (χ0v) is 17.7. The Balaban J connectivity index is 1.21. The highest BCUT2D eigenvalue weighted by molar-refractivity contribution is 8.18. The van der Waals surface area contributed by atoms with Crippen LogP contribution in [0.5, 0.6) is 11.5 Å². The Morgan fingerprint density at radius 1 is 1.00 bits per heavy atom. The molecule has 0 aliphatic carbocycles. The third kappa shape index (κ3) is 3.92. The van der Waals surface area contributed by atoms with E-state index in [4.69, 9.17) is 9.47 Å². The largest absolute Gasteiger partial charge is 0.454 e. The first-order valence-corrected chi connectivity index (χ1v) is 10.8. The third-order valence-electron chi connectivity index (χ3n) is 5.20. The third-order valence-corrected chi connectivity index (χ3v) is 6.11. The number of fused-ring (bicyclic) bond motifs is 2. The standard InChI is InChI=1S/C24H18N2O5S/c27-22(18-7-6-16-3-1-2-4-17(16)13-18)25-9-10-26-23(28)21(32-24(26)29)12-15-5-8-19-20(11-15)31-14-30-19/h1-8,11-13H,9-10,14H2,(H,25,27)/b21-12+. The lowest BCUT2D eigenvalue weighted by Gasteiger charge is -2.13. The molecule has 3 aromatic rings. The lowest BCUT2D eigenvalue weighted by molar-refractivity contribution is -0.122. The van der Waals surface area contributed by atoms with Gasteiger partial charge in [0.05, 0.1) is 4.91 Å². The molecule has 0 bridgehead atoms. The average Bonchev–Trinajstić information content (AvgIpc) is 3.38. The minimum atomic E-state index is -0.377. The van der Waals surface area contributed by atoms with Crippen LogP contribution in [0.3, 0.4) is 0 Å². The van der Waals surface area contributed by atoms with Gasteiger partial charge in [-0.05, 0) is 58.4 Å². The summed E-state index contributed by atoms with van der Waals surface area (Å²) in [6.45, 7) is 0.434. The summed E-state index contributed by atoms with van der Waals surface area (Å²) in [6.07, 6.45) is 1.65. The second kappa shape index (κ2) is 8.39. The average molecular weight is 446 g/mol. The van der Waals surface area contributed by atoms with Crippen LogP contribution >= 0.6 is 11.8 Å². The SMILES string of the molecule is O=C(NCCN1C(=O)S/C(=C/c2ccc3c(c2)OCO3)C1=O)c1ccc2ccccc2c1. The van der Waals surface area contributed by atoms with E-state index in [2.05, 4.69) is 5.32 Å². The van der Waals surface area contributed by atoms with Gasteiger partial charge in [-0.1, -0.05) is 36.4 Å². The van der Waals surface area contributed by atoms with Gasteiger partial charge in [-0.15, -0.1) is 0 Å². The first-order valence-electron chi connectivity index (χ1n) is 10.0. The fraction of sp³-hybridized carbons (Fsp3) is 0.125. The molecule has 3 aromatic carbocycles. The molecule has 2 aliphatic rings. The molecule has 1 fully saturated rings. The molecule has 0 radical (unpaired) electrons. The number of thioether (sulfide) groups is 1. The van der Waals surface area contributed by atoms with E-state index in [9.17, 15) is 14.4 Å². The maximum Gasteiger partial charge on any atom is 0.293 e. The highest BCUT2D eigenvalue weighted by Gasteiger charge is 2.34. The number of ether oxygens (including phenoxy) is 2. The quantitative estimate of drug-likeness (QED) is 0.596. The summed E-state index contributed by atoms with van der Waals surface area (Å²) < 4.78 is 10.6. The van der Waals surface area contributed by atoms with Crippen LogP contribution in [0.25, 0.3) is 16.8 Å². The van der Waals surface area contributed by atoms with E-state index in [-0.39, 0.29) is 36.9 Å². The Morgan fingerprint density at radius 3 is 2.69 bits per heavy atom. The molecule has 2 aliphatic heterocycles. The van der Waals surface area contributed by atoms with Gasteiger partial charge in [0.15, 0.2) is 11.5 Å². The second-order valence-corrected chi connectivity index (χ2v) is 8.26. The Labute approximate surface area is 188 Å². The van der Waals surface area contributed by atoms with E-state index in [1.54, 1.807) is 30.3 Å². The van der Waals surface area contributed by atoms with E-state index in [1.807, 2.05) is 36.4 Å². The van der Waals surface area contributed by atoms with Crippen LogP contribution in [0.15, 0.2) is 65.6 Å². The van der Waals surface area contributed by atoms with Crippen LogP contribution in [0.2, 0.25) is 0 Å². The number of hydrogen-bond acceptors (Lipinski definition) is 6. The summed E-state index contributed by atoms with van der Waals surface area (Å²) in [5, 5.41) is 4.44. The van der Waals surface area contributed by atoms with Crippen LogP contribution in [0.4, 0.5) is 4.79 Å². The second-order valence-electron chi connectivity index (χ2n) is 7.26. The Bertz CT molecular complexity index is 1290. The minimum absolute atomic E-state index is 0.0997. The van der Waals surface area contributed by atoms with Gasteiger partial charge in [0.2, 0.25) is 6.79 Å². The van der Waals surface area contributed by atoms with Crippen LogP contribution in [0.1, 0.15) is 15.9 Å². The van der Waals surface area contributed by atoms with E-state index in [0.29, 0.717) is 22.0 Å². The summed E-state index contributed by atoms with van der Waals surface area (Å²) in [7, 11) is 0. The summed E-state index contributed by atoms with van der Waals surface area (Å²) in [4.78, 5) is 39.0. The van der Waals surface area contributed by atoms with Crippen LogP contribution in [-0.2, 0) is 4.79 Å². The number of amides is 3. The van der Waals surface area contributed by atoms with Crippen molar-refractivity contribution in [3.63, 3.8) is 0 Å². The number of carbonyl (C=O) groups is 3. The summed E-state index contributed by atoms with van der Waals surface area (Å²) in [5.41, 5.74) is 1.27. The molecule has 0 aromatic heterocycles. The maximum absolute atomic E-state index is 12.7. The molecule has 160 valence electrons. The van der Waals surface area contributed by atoms with Crippen molar-refractivity contribution in [2.24, 2.45) is 0 Å². The van der Waals surface area contributed by atoms with Crippen molar-refractivity contribution < 1.29 is 23.9 Å². The van der Waals surface area contributed by atoms with Gasteiger partial charge >= 0.3 is 0 Å². The predicted octanol–water partition coefficient (Wildman–Crippen LogP) is 4.03. The molecule has 0 unspecified atom stereocenters.